The molecule has 17 heavy (non-hydrogen) atoms. The summed E-state index contributed by atoms with van der Waals surface area (Å²) < 4.78 is 47.3. The standard InChI is InChI=1S/C9H9ClF3NOS2/c10-6-1-2-7(14)8(5-6)17(15)4-3-16-9(11,12)13/h1-2,5H,3-4,14H2. The highest BCUT2D eigenvalue weighted by Gasteiger charge is 2.28. The quantitative estimate of drug-likeness (QED) is 0.868. The summed E-state index contributed by atoms with van der Waals surface area (Å²) in [4.78, 5) is 0.278. The Hall–Kier alpha value is -0.400. The first-order valence-corrected chi connectivity index (χ1v) is 7.12. The highest BCUT2D eigenvalue weighted by molar-refractivity contribution is 8.00. The molecule has 0 amide bonds. The Kier molecular flexibility index (Phi) is 5.15. The zero-order valence-electron chi connectivity index (χ0n) is 8.46. The first-order chi connectivity index (χ1) is 7.79. The van der Waals surface area contributed by atoms with Crippen molar-refractivity contribution in [1.82, 2.24) is 0 Å². The molecule has 96 valence electrons. The number of nitrogens with two attached hydrogens (primary N) is 1. The molecule has 0 saturated heterocycles. The van der Waals surface area contributed by atoms with Crippen LogP contribution in [0.25, 0.3) is 0 Å². The van der Waals surface area contributed by atoms with Crippen LogP contribution in [0.4, 0.5) is 18.9 Å². The molecule has 1 aromatic carbocycles. The van der Waals surface area contributed by atoms with Gasteiger partial charge in [0.15, 0.2) is 0 Å². The van der Waals surface area contributed by atoms with Gasteiger partial charge < -0.3 is 5.73 Å². The van der Waals surface area contributed by atoms with E-state index in [0.717, 1.165) is 0 Å². The number of hydrogen-bond donors (Lipinski definition) is 1. The SMILES string of the molecule is Nc1ccc(Cl)cc1S(=O)CCSC(F)(F)F. The van der Waals surface area contributed by atoms with Gasteiger partial charge in [0.25, 0.3) is 0 Å². The summed E-state index contributed by atoms with van der Waals surface area (Å²) in [6.07, 6.45) is 0. The topological polar surface area (TPSA) is 43.1 Å². The molecule has 8 heteroatoms. The zero-order chi connectivity index (χ0) is 13.1. The molecule has 2 N–H and O–H groups in total. The first kappa shape index (κ1) is 14.7. The Labute approximate surface area is 108 Å². The lowest BCUT2D eigenvalue weighted by molar-refractivity contribution is -0.0326. The molecule has 0 bridgehead atoms. The number of anilines is 1. The van der Waals surface area contributed by atoms with Gasteiger partial charge in [-0.15, -0.1) is 0 Å². The lowest BCUT2D eigenvalue weighted by atomic mass is 10.3. The molecule has 0 aliphatic carbocycles. The van der Waals surface area contributed by atoms with E-state index in [2.05, 4.69) is 0 Å². The van der Waals surface area contributed by atoms with Crippen molar-refractivity contribution >= 4 is 39.8 Å². The summed E-state index contributed by atoms with van der Waals surface area (Å²) in [6.45, 7) is 0. The lowest BCUT2D eigenvalue weighted by Gasteiger charge is -2.07. The van der Waals surface area contributed by atoms with Crippen molar-refractivity contribution in [2.24, 2.45) is 0 Å². The fourth-order valence-corrected chi connectivity index (χ4v) is 3.26. The van der Waals surface area contributed by atoms with E-state index in [0.29, 0.717) is 5.02 Å². The minimum Gasteiger partial charge on any atom is -0.398 e. The van der Waals surface area contributed by atoms with E-state index in [4.69, 9.17) is 17.3 Å². The average Bonchev–Trinajstić information content (AvgIpc) is 2.19. The number of nitrogen functional groups attached to an aromatic ring is 1. The van der Waals surface area contributed by atoms with E-state index in [1.807, 2.05) is 0 Å². The molecule has 0 aliphatic rings. The Morgan fingerprint density at radius 2 is 2.06 bits per heavy atom. The monoisotopic (exact) mass is 303 g/mol. The van der Waals surface area contributed by atoms with Gasteiger partial charge in [-0.2, -0.15) is 13.2 Å². The van der Waals surface area contributed by atoms with Crippen molar-refractivity contribution in [2.75, 3.05) is 17.2 Å². The van der Waals surface area contributed by atoms with Crippen LogP contribution in [-0.2, 0) is 10.8 Å². The van der Waals surface area contributed by atoms with Crippen molar-refractivity contribution in [3.05, 3.63) is 23.2 Å². The molecule has 1 aromatic rings. The van der Waals surface area contributed by atoms with Crippen molar-refractivity contribution in [2.45, 2.75) is 10.4 Å². The van der Waals surface area contributed by atoms with Gasteiger partial charge in [-0.1, -0.05) is 23.4 Å². The molecule has 1 rings (SSSR count). The maximum absolute atomic E-state index is 11.9. The summed E-state index contributed by atoms with van der Waals surface area (Å²) >= 11 is 5.49. The van der Waals surface area contributed by atoms with Gasteiger partial charge in [-0.05, 0) is 18.2 Å². The van der Waals surface area contributed by atoms with E-state index < -0.39 is 16.3 Å². The smallest absolute Gasteiger partial charge is 0.398 e. The highest BCUT2D eigenvalue weighted by Crippen LogP contribution is 2.30. The fourth-order valence-electron chi connectivity index (χ4n) is 1.05. The van der Waals surface area contributed by atoms with E-state index >= 15 is 0 Å². The second-order valence-electron chi connectivity index (χ2n) is 3.03. The van der Waals surface area contributed by atoms with Gasteiger partial charge in [-0.3, -0.25) is 4.21 Å². The Bertz CT molecular complexity index is 425. The molecule has 0 aromatic heterocycles. The number of hydrogen-bond acceptors (Lipinski definition) is 3. The second kappa shape index (κ2) is 5.97. The number of rotatable bonds is 4. The largest absolute Gasteiger partial charge is 0.441 e. The van der Waals surface area contributed by atoms with Crippen LogP contribution in [0.1, 0.15) is 0 Å². The van der Waals surface area contributed by atoms with Crippen LogP contribution in [0.2, 0.25) is 5.02 Å². The number of benzene rings is 1. The lowest BCUT2D eigenvalue weighted by Crippen LogP contribution is -2.08. The number of alkyl halides is 3. The van der Waals surface area contributed by atoms with Gasteiger partial charge in [0.05, 0.1) is 15.7 Å². The van der Waals surface area contributed by atoms with E-state index in [9.17, 15) is 17.4 Å². The molecule has 0 spiro atoms. The molecular weight excluding hydrogens is 295 g/mol. The fraction of sp³-hybridized carbons (Fsp3) is 0.333. The van der Waals surface area contributed by atoms with Crippen molar-refractivity contribution in [3.63, 3.8) is 0 Å². The molecule has 0 heterocycles. The normalized spacial score (nSPS) is 13.6. The summed E-state index contributed by atoms with van der Waals surface area (Å²) in [7, 11) is -1.57. The third-order valence-corrected chi connectivity index (χ3v) is 4.40. The van der Waals surface area contributed by atoms with Crippen LogP contribution in [0.15, 0.2) is 23.1 Å². The Balaban J connectivity index is 2.61. The van der Waals surface area contributed by atoms with Crippen LogP contribution in [-0.4, -0.2) is 21.2 Å². The molecular formula is C9H9ClF3NOS2. The number of thioether (sulfide) groups is 1. The van der Waals surface area contributed by atoms with Gasteiger partial charge in [0.2, 0.25) is 0 Å². The predicted molar refractivity (Wildman–Crippen MR) is 65.7 cm³/mol. The number of halogens is 4. The van der Waals surface area contributed by atoms with Crippen LogP contribution in [0.3, 0.4) is 0 Å². The van der Waals surface area contributed by atoms with E-state index in [1.54, 1.807) is 0 Å². The molecule has 1 unspecified atom stereocenters. The maximum atomic E-state index is 11.9. The van der Waals surface area contributed by atoms with Crippen LogP contribution < -0.4 is 5.73 Å². The highest BCUT2D eigenvalue weighted by atomic mass is 35.5. The molecule has 0 aliphatic heterocycles. The van der Waals surface area contributed by atoms with E-state index in [1.165, 1.54) is 18.2 Å². The summed E-state index contributed by atoms with van der Waals surface area (Å²) in [5, 5.41) is 0.353. The third kappa shape index (κ3) is 5.18. The third-order valence-electron chi connectivity index (χ3n) is 1.76. The predicted octanol–water partition coefficient (Wildman–Crippen LogP) is 3.28. The molecule has 0 fully saturated rings. The van der Waals surface area contributed by atoms with Crippen LogP contribution in [0, 0.1) is 0 Å². The maximum Gasteiger partial charge on any atom is 0.441 e. The van der Waals surface area contributed by atoms with Crippen molar-refractivity contribution < 1.29 is 17.4 Å². The van der Waals surface area contributed by atoms with Crippen molar-refractivity contribution in [1.29, 1.82) is 0 Å². The second-order valence-corrected chi connectivity index (χ2v) is 6.16. The molecule has 1 atom stereocenters. The average molecular weight is 304 g/mol. The molecule has 2 nitrogen and oxygen atoms in total. The van der Waals surface area contributed by atoms with Gasteiger partial charge in [0, 0.05) is 22.2 Å². The van der Waals surface area contributed by atoms with Gasteiger partial charge in [-0.25, -0.2) is 0 Å². The van der Waals surface area contributed by atoms with Crippen molar-refractivity contribution in [3.8, 4) is 0 Å². The minimum absolute atomic E-state index is 0.116. The summed E-state index contributed by atoms with van der Waals surface area (Å²) in [6, 6.07) is 4.42. The Morgan fingerprint density at radius 1 is 1.41 bits per heavy atom. The zero-order valence-corrected chi connectivity index (χ0v) is 10.8. The van der Waals surface area contributed by atoms with Gasteiger partial charge >= 0.3 is 5.51 Å². The van der Waals surface area contributed by atoms with Crippen LogP contribution >= 0.6 is 23.4 Å². The first-order valence-electron chi connectivity index (χ1n) is 4.43. The van der Waals surface area contributed by atoms with Crippen LogP contribution in [0.5, 0.6) is 0 Å². The minimum atomic E-state index is -4.30. The molecule has 0 saturated carbocycles. The summed E-state index contributed by atoms with van der Waals surface area (Å²) in [5.74, 6) is -0.392. The summed E-state index contributed by atoms with van der Waals surface area (Å²) in [5.41, 5.74) is 1.53. The molecule has 0 radical (unpaired) electrons. The Morgan fingerprint density at radius 3 is 2.65 bits per heavy atom. The van der Waals surface area contributed by atoms with E-state index in [-0.39, 0.29) is 33.9 Å². The van der Waals surface area contributed by atoms with Gasteiger partial charge in [0.1, 0.15) is 0 Å².